The molecule has 1 aromatic heterocycles. The summed E-state index contributed by atoms with van der Waals surface area (Å²) >= 11 is 0. The Balaban J connectivity index is 0.000000221. The summed E-state index contributed by atoms with van der Waals surface area (Å²) in [4.78, 5) is -0.178. The van der Waals surface area contributed by atoms with Crippen LogP contribution in [0.2, 0.25) is 0 Å². The normalized spacial score (nSPS) is 11.9. The predicted octanol–water partition coefficient (Wildman–Crippen LogP) is 1.64. The third-order valence-electron chi connectivity index (χ3n) is 3.99. The summed E-state index contributed by atoms with van der Waals surface area (Å²) in [5, 5.41) is 0. The number of hydrogen-bond acceptors (Lipinski definition) is 5. The smallest absolute Gasteiger partial charge is 0.265 e. The first-order valence-electron chi connectivity index (χ1n) is 8.38. The summed E-state index contributed by atoms with van der Waals surface area (Å²) in [5.74, 6) is -0.205. The topological polar surface area (TPSA) is 120 Å². The average molecular weight is 427 g/mol. The van der Waals surface area contributed by atoms with Crippen LogP contribution in [-0.4, -0.2) is 36.3 Å². The summed E-state index contributed by atoms with van der Waals surface area (Å²) in [5.41, 5.74) is 3.09. The van der Waals surface area contributed by atoms with Crippen molar-refractivity contribution < 1.29 is 30.5 Å². The van der Waals surface area contributed by atoms with Crippen LogP contribution < -0.4 is 4.57 Å². The Labute approximate surface area is 164 Å². The molecule has 2 aromatic carbocycles. The molecule has 0 aliphatic heterocycles. The van der Waals surface area contributed by atoms with Crippen LogP contribution in [0.3, 0.4) is 0 Å². The molecule has 3 aromatic rings. The number of imidazole rings is 1. The molecule has 0 spiro atoms. The highest BCUT2D eigenvalue weighted by molar-refractivity contribution is 7.86. The lowest BCUT2D eigenvalue weighted by atomic mass is 10.2. The molecule has 8 nitrogen and oxygen atoms in total. The SMILES string of the molecule is Cc1ccc(S(=O)(=O)[O-])cc1.Cn1c[n+](CCCS(=O)(=O)O)c2ccccc21. The fourth-order valence-corrected chi connectivity index (χ4v) is 3.60. The van der Waals surface area contributed by atoms with Crippen LogP contribution >= 0.6 is 0 Å². The highest BCUT2D eigenvalue weighted by Crippen LogP contribution is 2.09. The molecular formula is C18H22N2O6S2. The van der Waals surface area contributed by atoms with Gasteiger partial charge in [-0.2, -0.15) is 8.42 Å². The van der Waals surface area contributed by atoms with Crippen LogP contribution in [0, 0.1) is 6.92 Å². The second-order valence-corrected chi connectivity index (χ2v) is 9.27. The van der Waals surface area contributed by atoms with Crippen molar-refractivity contribution >= 4 is 31.3 Å². The largest absolute Gasteiger partial charge is 0.744 e. The monoisotopic (exact) mass is 426 g/mol. The van der Waals surface area contributed by atoms with Crippen LogP contribution in [0.1, 0.15) is 12.0 Å². The number of fused-ring (bicyclic) bond motifs is 1. The highest BCUT2D eigenvalue weighted by Gasteiger charge is 2.13. The summed E-state index contributed by atoms with van der Waals surface area (Å²) in [6, 6.07) is 13.7. The van der Waals surface area contributed by atoms with Crippen molar-refractivity contribution in [3.05, 3.63) is 60.4 Å². The van der Waals surface area contributed by atoms with Crippen molar-refractivity contribution in [1.82, 2.24) is 4.57 Å². The van der Waals surface area contributed by atoms with Gasteiger partial charge in [-0.1, -0.05) is 29.8 Å². The molecule has 0 fully saturated rings. The van der Waals surface area contributed by atoms with E-state index in [9.17, 15) is 21.4 Å². The third-order valence-corrected chi connectivity index (χ3v) is 5.65. The zero-order valence-corrected chi connectivity index (χ0v) is 17.1. The minimum atomic E-state index is -4.27. The lowest BCUT2D eigenvalue weighted by molar-refractivity contribution is -0.672. The van der Waals surface area contributed by atoms with Gasteiger partial charge in [-0.25, -0.2) is 17.6 Å². The first kappa shape index (κ1) is 22.0. The van der Waals surface area contributed by atoms with Gasteiger partial charge in [0.25, 0.3) is 10.1 Å². The van der Waals surface area contributed by atoms with Gasteiger partial charge in [0.2, 0.25) is 6.33 Å². The number of nitrogens with zero attached hydrogens (tertiary/aromatic N) is 2. The molecule has 28 heavy (non-hydrogen) atoms. The van der Waals surface area contributed by atoms with Gasteiger partial charge in [-0.3, -0.25) is 4.55 Å². The van der Waals surface area contributed by atoms with Crippen LogP contribution in [-0.2, 0) is 33.8 Å². The molecule has 152 valence electrons. The molecule has 1 heterocycles. The number of aromatic nitrogens is 2. The van der Waals surface area contributed by atoms with Gasteiger partial charge in [0.1, 0.15) is 10.1 Å². The molecule has 0 saturated carbocycles. The summed E-state index contributed by atoms with van der Waals surface area (Å²) in [7, 11) is -6.18. The fraction of sp³-hybridized carbons (Fsp3) is 0.278. The van der Waals surface area contributed by atoms with Crippen molar-refractivity contribution in [3.63, 3.8) is 0 Å². The van der Waals surface area contributed by atoms with Crippen molar-refractivity contribution in [2.24, 2.45) is 7.05 Å². The molecule has 3 rings (SSSR count). The van der Waals surface area contributed by atoms with Crippen molar-refractivity contribution in [2.45, 2.75) is 24.8 Å². The second-order valence-electron chi connectivity index (χ2n) is 6.32. The molecule has 10 heteroatoms. The Kier molecular flexibility index (Phi) is 6.94. The molecule has 0 radical (unpaired) electrons. The first-order chi connectivity index (χ1) is 13.0. The van der Waals surface area contributed by atoms with Crippen LogP contribution in [0.5, 0.6) is 0 Å². The first-order valence-corrected chi connectivity index (χ1v) is 11.4. The third kappa shape index (κ3) is 6.41. The van der Waals surface area contributed by atoms with Gasteiger partial charge < -0.3 is 4.55 Å². The fourth-order valence-electron chi connectivity index (χ4n) is 2.64. The number of benzene rings is 2. The van der Waals surface area contributed by atoms with Gasteiger partial charge in [0.15, 0.2) is 11.0 Å². The van der Waals surface area contributed by atoms with Crippen molar-refractivity contribution in [2.75, 3.05) is 5.75 Å². The Morgan fingerprint density at radius 1 is 1.04 bits per heavy atom. The quantitative estimate of drug-likeness (QED) is 0.489. The molecular weight excluding hydrogens is 404 g/mol. The molecule has 0 unspecified atom stereocenters. The van der Waals surface area contributed by atoms with E-state index in [1.807, 2.05) is 53.7 Å². The number of para-hydroxylation sites is 2. The van der Waals surface area contributed by atoms with E-state index in [0.29, 0.717) is 13.0 Å². The Morgan fingerprint density at radius 3 is 2.21 bits per heavy atom. The average Bonchev–Trinajstić information content (AvgIpc) is 2.91. The van der Waals surface area contributed by atoms with Gasteiger partial charge >= 0.3 is 0 Å². The van der Waals surface area contributed by atoms with Crippen LogP contribution in [0.25, 0.3) is 11.0 Å². The van der Waals surface area contributed by atoms with Gasteiger partial charge in [-0.15, -0.1) is 0 Å². The molecule has 0 amide bonds. The van der Waals surface area contributed by atoms with E-state index in [4.69, 9.17) is 4.55 Å². The maximum absolute atomic E-state index is 10.6. The Bertz CT molecular complexity index is 1150. The van der Waals surface area contributed by atoms with E-state index >= 15 is 0 Å². The maximum atomic E-state index is 10.6. The molecule has 0 aliphatic rings. The minimum Gasteiger partial charge on any atom is -0.744 e. The molecule has 0 aliphatic carbocycles. The second kappa shape index (κ2) is 8.82. The van der Waals surface area contributed by atoms with E-state index in [2.05, 4.69) is 0 Å². The van der Waals surface area contributed by atoms with Crippen molar-refractivity contribution in [3.8, 4) is 0 Å². The lowest BCUT2D eigenvalue weighted by Crippen LogP contribution is -2.33. The van der Waals surface area contributed by atoms with E-state index in [1.54, 1.807) is 12.1 Å². The van der Waals surface area contributed by atoms with E-state index in [1.165, 1.54) is 12.1 Å². The number of rotatable bonds is 5. The minimum absolute atomic E-state index is 0.178. The lowest BCUT2D eigenvalue weighted by Gasteiger charge is -2.05. The van der Waals surface area contributed by atoms with E-state index in [0.717, 1.165) is 16.6 Å². The summed E-state index contributed by atoms with van der Waals surface area (Å²) < 4.78 is 65.1. The Hall–Kier alpha value is -2.27. The van der Waals surface area contributed by atoms with Gasteiger partial charge in [0.05, 0.1) is 24.2 Å². The van der Waals surface area contributed by atoms with Gasteiger partial charge in [-0.05, 0) is 31.2 Å². The molecule has 0 bridgehead atoms. The van der Waals surface area contributed by atoms with E-state index < -0.39 is 20.2 Å². The standard InChI is InChI=1S/C11H14N2O3S.C7H8O3S/c1-12-9-13(7-4-8-17(14,15)16)11-6-3-2-5-10(11)12;1-6-2-4-7(5-3-6)11(8,9)10/h2-3,5-6,9H,4,7-8H2,1H3;2-5H,1H3,(H,8,9,10). The zero-order valence-electron chi connectivity index (χ0n) is 15.5. The predicted molar refractivity (Wildman–Crippen MR) is 103 cm³/mol. The van der Waals surface area contributed by atoms with Crippen LogP contribution in [0.4, 0.5) is 0 Å². The molecule has 0 saturated heterocycles. The molecule has 0 atom stereocenters. The van der Waals surface area contributed by atoms with Crippen LogP contribution in [0.15, 0.2) is 59.8 Å². The van der Waals surface area contributed by atoms with Gasteiger partial charge in [0, 0.05) is 6.42 Å². The number of aryl methyl sites for hydroxylation is 3. The number of hydrogen-bond donors (Lipinski definition) is 1. The summed E-state index contributed by atoms with van der Waals surface area (Å²) in [6.45, 7) is 2.39. The highest BCUT2D eigenvalue weighted by atomic mass is 32.2. The zero-order chi connectivity index (χ0) is 20.9. The van der Waals surface area contributed by atoms with E-state index in [-0.39, 0.29) is 10.6 Å². The van der Waals surface area contributed by atoms with Crippen molar-refractivity contribution in [1.29, 1.82) is 0 Å². The summed E-state index contributed by atoms with van der Waals surface area (Å²) in [6.07, 6.45) is 2.33. The maximum Gasteiger partial charge on any atom is 0.265 e. The Morgan fingerprint density at radius 2 is 1.64 bits per heavy atom. The molecule has 1 N–H and O–H groups in total.